The molecule has 0 saturated carbocycles. The summed E-state index contributed by atoms with van der Waals surface area (Å²) in [4.78, 5) is 12.2. The highest BCUT2D eigenvalue weighted by molar-refractivity contribution is 7.89. The van der Waals surface area contributed by atoms with E-state index in [0.717, 1.165) is 0 Å². The van der Waals surface area contributed by atoms with Gasteiger partial charge in [-0.2, -0.15) is 0 Å². The average molecular weight is 357 g/mol. The van der Waals surface area contributed by atoms with Gasteiger partial charge in [0.05, 0.1) is 29.2 Å². The minimum atomic E-state index is -4.02. The van der Waals surface area contributed by atoms with Crippen molar-refractivity contribution in [3.8, 4) is 0 Å². The number of anilines is 2. The maximum atomic E-state index is 11.6. The lowest BCUT2D eigenvalue weighted by atomic mass is 10.2. The second-order valence-electron chi connectivity index (χ2n) is 4.58. The minimum absolute atomic E-state index is 0.0480. The number of carbonyl (C=O) groups excluding carboxylic acids is 1. The van der Waals surface area contributed by atoms with Crippen molar-refractivity contribution >= 4 is 39.4 Å². The van der Waals surface area contributed by atoms with E-state index in [1.165, 1.54) is 23.3 Å². The average Bonchev–Trinajstić information content (AvgIpc) is 3.00. The molecule has 9 heteroatoms. The van der Waals surface area contributed by atoms with Crippen LogP contribution < -0.4 is 15.4 Å². The van der Waals surface area contributed by atoms with Crippen molar-refractivity contribution in [2.24, 2.45) is 5.14 Å². The first kappa shape index (κ1) is 17.3. The number of furan rings is 1. The number of nitrogens with two attached hydrogens (primary N) is 1. The van der Waals surface area contributed by atoms with Gasteiger partial charge in [-0.25, -0.2) is 13.6 Å². The van der Waals surface area contributed by atoms with Crippen LogP contribution in [0.2, 0.25) is 5.02 Å². The number of amides is 1. The number of rotatable bonds is 7. The third kappa shape index (κ3) is 4.04. The zero-order valence-electron chi connectivity index (χ0n) is 12.0. The van der Waals surface area contributed by atoms with Gasteiger partial charge in [0, 0.05) is 6.54 Å². The van der Waals surface area contributed by atoms with E-state index in [1.807, 2.05) is 0 Å². The van der Waals surface area contributed by atoms with Crippen molar-refractivity contribution in [2.45, 2.75) is 11.4 Å². The Balaban J connectivity index is 2.46. The quantitative estimate of drug-likeness (QED) is 0.738. The van der Waals surface area contributed by atoms with E-state index in [-0.39, 0.29) is 16.5 Å². The Hall–Kier alpha value is -2.03. The van der Waals surface area contributed by atoms with Gasteiger partial charge >= 0.3 is 0 Å². The largest absolute Gasteiger partial charge is 0.467 e. The van der Waals surface area contributed by atoms with E-state index in [2.05, 4.69) is 12.2 Å². The molecule has 0 atom stereocenters. The fourth-order valence-corrected chi connectivity index (χ4v) is 3.06. The van der Waals surface area contributed by atoms with Gasteiger partial charge < -0.3 is 14.6 Å². The van der Waals surface area contributed by atoms with Gasteiger partial charge in [0.15, 0.2) is 0 Å². The number of carbonyl (C=O) groups is 1. The Bertz CT molecular complexity index is 791. The van der Waals surface area contributed by atoms with Gasteiger partial charge in [0.25, 0.3) is 0 Å². The summed E-state index contributed by atoms with van der Waals surface area (Å²) < 4.78 is 28.4. The Labute approximate surface area is 139 Å². The number of nitrogens with one attached hydrogen (secondary N) is 1. The Morgan fingerprint density at radius 1 is 1.43 bits per heavy atom. The summed E-state index contributed by atoms with van der Waals surface area (Å²) in [5.41, 5.74) is 0.754. The molecule has 1 radical (unpaired) electrons. The number of hydrogen-bond donors (Lipinski definition) is 2. The normalized spacial score (nSPS) is 11.3. The van der Waals surface area contributed by atoms with Gasteiger partial charge in [0.1, 0.15) is 10.7 Å². The topological polar surface area (TPSA) is 106 Å². The zero-order chi connectivity index (χ0) is 17.0. The van der Waals surface area contributed by atoms with Crippen LogP contribution in [0.4, 0.5) is 11.4 Å². The first-order valence-corrected chi connectivity index (χ1v) is 8.43. The standard InChI is InChI=1S/C14H15ClN3O4S/c1-2-18(9-19)13-7-14(23(16,20)21)11(15)6-12(13)17-8-10-4-3-5-22-10/h3-7,9,17H,1-2,8H2,(H2,16,20,21). The molecule has 0 spiro atoms. The summed E-state index contributed by atoms with van der Waals surface area (Å²) >= 11 is 5.99. The van der Waals surface area contributed by atoms with Crippen LogP contribution >= 0.6 is 11.6 Å². The molecule has 0 unspecified atom stereocenters. The Kier molecular flexibility index (Phi) is 5.30. The van der Waals surface area contributed by atoms with Crippen LogP contribution in [-0.2, 0) is 21.4 Å². The highest BCUT2D eigenvalue weighted by Gasteiger charge is 2.19. The monoisotopic (exact) mass is 356 g/mol. The third-order valence-electron chi connectivity index (χ3n) is 3.07. The lowest BCUT2D eigenvalue weighted by Crippen LogP contribution is -2.23. The van der Waals surface area contributed by atoms with E-state index >= 15 is 0 Å². The van der Waals surface area contributed by atoms with Crippen molar-refractivity contribution in [1.29, 1.82) is 0 Å². The minimum Gasteiger partial charge on any atom is -0.467 e. The van der Waals surface area contributed by atoms with Crippen LogP contribution in [0.5, 0.6) is 0 Å². The molecular formula is C14H15ClN3O4S. The number of nitrogens with zero attached hydrogens (tertiary/aromatic N) is 1. The SMILES string of the molecule is [CH2]CN(C=O)c1cc(S(N)(=O)=O)c(Cl)cc1NCc1ccco1. The smallest absolute Gasteiger partial charge is 0.239 e. The van der Waals surface area contributed by atoms with Crippen LogP contribution in [0.3, 0.4) is 0 Å². The molecule has 123 valence electrons. The summed E-state index contributed by atoms with van der Waals surface area (Å²) in [5.74, 6) is 0.662. The number of hydrogen-bond acceptors (Lipinski definition) is 5. The van der Waals surface area contributed by atoms with Crippen molar-refractivity contribution in [1.82, 2.24) is 0 Å². The van der Waals surface area contributed by atoms with Gasteiger partial charge in [-0.1, -0.05) is 11.6 Å². The van der Waals surface area contributed by atoms with Gasteiger partial charge in [-0.15, -0.1) is 0 Å². The molecule has 0 bridgehead atoms. The molecule has 0 fully saturated rings. The van der Waals surface area contributed by atoms with E-state index in [9.17, 15) is 13.2 Å². The fraction of sp³-hybridized carbons (Fsp3) is 0.143. The molecular weight excluding hydrogens is 342 g/mol. The van der Waals surface area contributed by atoms with Crippen LogP contribution in [0.15, 0.2) is 39.8 Å². The summed E-state index contributed by atoms with van der Waals surface area (Å²) in [7, 11) is -4.02. The van der Waals surface area contributed by atoms with Crippen molar-refractivity contribution < 1.29 is 17.6 Å². The van der Waals surface area contributed by atoms with Crippen LogP contribution in [0.1, 0.15) is 5.76 Å². The van der Waals surface area contributed by atoms with Gasteiger partial charge in [-0.3, -0.25) is 4.79 Å². The molecule has 2 aromatic rings. The Morgan fingerprint density at radius 2 is 2.17 bits per heavy atom. The molecule has 1 aromatic heterocycles. The molecule has 3 N–H and O–H groups in total. The molecule has 2 rings (SSSR count). The lowest BCUT2D eigenvalue weighted by molar-refractivity contribution is -0.107. The Morgan fingerprint density at radius 3 is 2.70 bits per heavy atom. The van der Waals surface area contributed by atoms with E-state index in [4.69, 9.17) is 21.2 Å². The maximum absolute atomic E-state index is 11.6. The fourth-order valence-electron chi connectivity index (χ4n) is 1.97. The molecule has 23 heavy (non-hydrogen) atoms. The van der Waals surface area contributed by atoms with Crippen LogP contribution in [-0.4, -0.2) is 21.4 Å². The second-order valence-corrected chi connectivity index (χ2v) is 6.51. The molecule has 0 aliphatic rings. The van der Waals surface area contributed by atoms with Crippen LogP contribution in [0.25, 0.3) is 0 Å². The first-order valence-electron chi connectivity index (χ1n) is 6.50. The summed E-state index contributed by atoms with van der Waals surface area (Å²) in [6.45, 7) is 4.06. The number of primary sulfonamides is 1. The van der Waals surface area contributed by atoms with Crippen molar-refractivity contribution in [3.05, 3.63) is 48.2 Å². The van der Waals surface area contributed by atoms with E-state index in [0.29, 0.717) is 30.1 Å². The number of benzene rings is 1. The highest BCUT2D eigenvalue weighted by atomic mass is 35.5. The summed E-state index contributed by atoms with van der Waals surface area (Å²) in [5, 5.41) is 8.13. The predicted octanol–water partition coefficient (Wildman–Crippen LogP) is 1.99. The highest BCUT2D eigenvalue weighted by Crippen LogP contribution is 2.34. The lowest BCUT2D eigenvalue weighted by Gasteiger charge is -2.21. The summed E-state index contributed by atoms with van der Waals surface area (Å²) in [6.07, 6.45) is 2.07. The number of sulfonamides is 1. The van der Waals surface area contributed by atoms with Crippen molar-refractivity contribution in [3.63, 3.8) is 0 Å². The zero-order valence-corrected chi connectivity index (χ0v) is 13.6. The second kappa shape index (κ2) is 7.03. The predicted molar refractivity (Wildman–Crippen MR) is 87.6 cm³/mol. The molecule has 1 heterocycles. The van der Waals surface area contributed by atoms with Gasteiger partial charge in [-0.05, 0) is 31.2 Å². The van der Waals surface area contributed by atoms with Crippen molar-refractivity contribution in [2.75, 3.05) is 16.8 Å². The van der Waals surface area contributed by atoms with Crippen LogP contribution in [0, 0.1) is 6.92 Å². The summed E-state index contributed by atoms with van der Waals surface area (Å²) in [6, 6.07) is 6.14. The molecule has 0 aliphatic heterocycles. The maximum Gasteiger partial charge on any atom is 0.239 e. The van der Waals surface area contributed by atoms with Gasteiger partial charge in [0.2, 0.25) is 16.4 Å². The molecule has 1 aromatic carbocycles. The molecule has 0 saturated heterocycles. The first-order chi connectivity index (χ1) is 10.9. The molecule has 1 amide bonds. The van der Waals surface area contributed by atoms with E-state index < -0.39 is 10.0 Å². The molecule has 0 aliphatic carbocycles. The molecule has 7 nitrogen and oxygen atoms in total. The number of halogens is 1. The third-order valence-corrected chi connectivity index (χ3v) is 4.44. The van der Waals surface area contributed by atoms with E-state index in [1.54, 1.807) is 12.1 Å².